The third-order valence-electron chi connectivity index (χ3n) is 6.09. The molecule has 0 bridgehead atoms. The van der Waals surface area contributed by atoms with Crippen LogP contribution in [0.25, 0.3) is 0 Å². The van der Waals surface area contributed by atoms with Crippen molar-refractivity contribution >= 4 is 43.4 Å². The van der Waals surface area contributed by atoms with Crippen LogP contribution in [0.5, 0.6) is 0 Å². The van der Waals surface area contributed by atoms with Gasteiger partial charge in [-0.1, -0.05) is 23.1 Å². The molecule has 1 saturated heterocycles. The van der Waals surface area contributed by atoms with E-state index in [4.69, 9.17) is 30.3 Å². The van der Waals surface area contributed by atoms with Crippen LogP contribution in [0.15, 0.2) is 29.3 Å². The average Bonchev–Trinajstić information content (AvgIpc) is 2.85. The number of halogens is 1. The molecule has 29 heavy (non-hydrogen) atoms. The number of benzene rings is 1. The SMILES string of the molecule is [B]c1cc(Cl)cc2c1[C@@H](C1CCN(C(=O)CON)CC1)c1ncc(S)cc1CC2. The molecule has 1 amide bonds. The monoisotopic (exact) mass is 427 g/mol. The number of hydrogen-bond acceptors (Lipinski definition) is 5. The Balaban J connectivity index is 1.72. The Bertz CT molecular complexity index is 934. The molecule has 0 spiro atoms. The van der Waals surface area contributed by atoms with E-state index in [1.807, 2.05) is 23.2 Å². The highest BCUT2D eigenvalue weighted by Crippen LogP contribution is 2.42. The second kappa shape index (κ2) is 8.68. The summed E-state index contributed by atoms with van der Waals surface area (Å²) in [6.07, 6.45) is 5.29. The number of piperidine rings is 1. The molecule has 2 heterocycles. The lowest BCUT2D eigenvalue weighted by molar-refractivity contribution is -0.137. The quantitative estimate of drug-likeness (QED) is 0.447. The van der Waals surface area contributed by atoms with Crippen LogP contribution in [0.1, 0.15) is 41.1 Å². The van der Waals surface area contributed by atoms with Gasteiger partial charge in [-0.15, -0.1) is 12.6 Å². The van der Waals surface area contributed by atoms with Crippen molar-refractivity contribution in [3.63, 3.8) is 0 Å². The number of carbonyl (C=O) groups is 1. The van der Waals surface area contributed by atoms with Crippen molar-refractivity contribution in [2.45, 2.75) is 36.5 Å². The molecule has 1 atom stereocenters. The molecule has 1 aromatic heterocycles. The number of hydrogen-bond donors (Lipinski definition) is 2. The normalized spacial score (nSPS) is 19.4. The Kier molecular flexibility index (Phi) is 6.20. The number of rotatable bonds is 3. The van der Waals surface area contributed by atoms with E-state index in [2.05, 4.69) is 23.5 Å². The molecule has 150 valence electrons. The molecule has 2 N–H and O–H groups in total. The van der Waals surface area contributed by atoms with Gasteiger partial charge in [0.2, 0.25) is 0 Å². The topological polar surface area (TPSA) is 68.5 Å². The lowest BCUT2D eigenvalue weighted by Crippen LogP contribution is -2.42. The summed E-state index contributed by atoms with van der Waals surface area (Å²) in [5.41, 5.74) is 5.34. The molecule has 0 saturated carbocycles. The van der Waals surface area contributed by atoms with Crippen LogP contribution >= 0.6 is 24.2 Å². The Morgan fingerprint density at radius 2 is 2.00 bits per heavy atom. The minimum atomic E-state index is -0.0858. The van der Waals surface area contributed by atoms with Gasteiger partial charge in [0, 0.05) is 35.1 Å². The van der Waals surface area contributed by atoms with Crippen LogP contribution in [-0.4, -0.2) is 43.3 Å². The predicted molar refractivity (Wildman–Crippen MR) is 117 cm³/mol. The highest BCUT2D eigenvalue weighted by Gasteiger charge is 2.35. The minimum Gasteiger partial charge on any atom is -0.341 e. The maximum Gasteiger partial charge on any atom is 0.250 e. The van der Waals surface area contributed by atoms with Gasteiger partial charge >= 0.3 is 0 Å². The maximum absolute atomic E-state index is 12.1. The first-order valence-electron chi connectivity index (χ1n) is 9.83. The number of likely N-dealkylation sites (tertiary alicyclic amines) is 1. The summed E-state index contributed by atoms with van der Waals surface area (Å²) in [5, 5.41) is 0.663. The summed E-state index contributed by atoms with van der Waals surface area (Å²) in [4.78, 5) is 24.1. The molecular formula is C21H23BClN3O2S. The zero-order chi connectivity index (χ0) is 20.5. The lowest BCUT2D eigenvalue weighted by atomic mass is 9.72. The van der Waals surface area contributed by atoms with Crippen LogP contribution in [0.2, 0.25) is 5.02 Å². The van der Waals surface area contributed by atoms with Gasteiger partial charge in [-0.05, 0) is 60.4 Å². The number of aryl methyl sites for hydroxylation is 2. The Morgan fingerprint density at radius 3 is 2.72 bits per heavy atom. The third kappa shape index (κ3) is 4.19. The van der Waals surface area contributed by atoms with Crippen molar-refractivity contribution in [1.29, 1.82) is 0 Å². The number of aromatic nitrogens is 1. The van der Waals surface area contributed by atoms with Gasteiger partial charge in [0.05, 0.1) is 5.69 Å². The van der Waals surface area contributed by atoms with E-state index in [0.29, 0.717) is 24.0 Å². The van der Waals surface area contributed by atoms with Crippen molar-refractivity contribution in [1.82, 2.24) is 9.88 Å². The number of pyridine rings is 1. The fraction of sp³-hybridized carbons (Fsp3) is 0.429. The summed E-state index contributed by atoms with van der Waals surface area (Å²) in [6.45, 7) is 1.26. The fourth-order valence-electron chi connectivity index (χ4n) is 4.78. The van der Waals surface area contributed by atoms with E-state index in [1.165, 1.54) is 11.1 Å². The molecular weight excluding hydrogens is 405 g/mol. The van der Waals surface area contributed by atoms with Crippen LogP contribution in [0.3, 0.4) is 0 Å². The first kappa shape index (κ1) is 20.7. The van der Waals surface area contributed by atoms with Crippen molar-refractivity contribution in [2.24, 2.45) is 11.8 Å². The number of thiol groups is 1. The van der Waals surface area contributed by atoms with E-state index in [-0.39, 0.29) is 18.4 Å². The first-order chi connectivity index (χ1) is 14.0. The minimum absolute atomic E-state index is 0.0725. The molecule has 2 radical (unpaired) electrons. The first-order valence-corrected chi connectivity index (χ1v) is 10.7. The molecule has 2 aromatic rings. The molecule has 0 unspecified atom stereocenters. The van der Waals surface area contributed by atoms with Crippen LogP contribution < -0.4 is 11.4 Å². The summed E-state index contributed by atoms with van der Waals surface area (Å²) in [5.74, 6) is 5.39. The largest absolute Gasteiger partial charge is 0.341 e. The molecule has 2 aliphatic rings. The highest BCUT2D eigenvalue weighted by atomic mass is 35.5. The van der Waals surface area contributed by atoms with Gasteiger partial charge in [0.25, 0.3) is 5.91 Å². The molecule has 1 aliphatic carbocycles. The fourth-order valence-corrected chi connectivity index (χ4v) is 5.24. The number of carbonyl (C=O) groups excluding carboxylic acids is 1. The van der Waals surface area contributed by atoms with Crippen molar-refractivity contribution in [2.75, 3.05) is 19.7 Å². The summed E-state index contributed by atoms with van der Waals surface area (Å²) in [6, 6.07) is 5.98. The maximum atomic E-state index is 12.1. The number of nitrogens with zero attached hydrogens (tertiary/aromatic N) is 2. The summed E-state index contributed by atoms with van der Waals surface area (Å²) < 4.78 is 0. The van der Waals surface area contributed by atoms with Crippen molar-refractivity contribution < 1.29 is 9.63 Å². The molecule has 4 rings (SSSR count). The molecule has 5 nitrogen and oxygen atoms in total. The average molecular weight is 428 g/mol. The van der Waals surface area contributed by atoms with E-state index >= 15 is 0 Å². The van der Waals surface area contributed by atoms with Crippen LogP contribution in [-0.2, 0) is 22.5 Å². The van der Waals surface area contributed by atoms with E-state index in [1.54, 1.807) is 0 Å². The second-order valence-corrected chi connectivity index (χ2v) is 8.77. The van der Waals surface area contributed by atoms with E-state index in [0.717, 1.165) is 47.3 Å². The zero-order valence-corrected chi connectivity index (χ0v) is 17.8. The second-order valence-electron chi connectivity index (χ2n) is 7.81. The van der Waals surface area contributed by atoms with Crippen LogP contribution in [0.4, 0.5) is 0 Å². The Labute approximate surface area is 182 Å². The van der Waals surface area contributed by atoms with Gasteiger partial charge in [0.15, 0.2) is 0 Å². The third-order valence-corrected chi connectivity index (χ3v) is 6.55. The van der Waals surface area contributed by atoms with Crippen molar-refractivity contribution in [3.05, 3.63) is 51.8 Å². The number of amides is 1. The zero-order valence-electron chi connectivity index (χ0n) is 16.1. The van der Waals surface area contributed by atoms with Gasteiger partial charge < -0.3 is 4.90 Å². The Morgan fingerprint density at radius 1 is 1.28 bits per heavy atom. The van der Waals surface area contributed by atoms with E-state index in [9.17, 15) is 4.79 Å². The summed E-state index contributed by atoms with van der Waals surface area (Å²) >= 11 is 10.8. The Hall–Kier alpha value is -1.54. The van der Waals surface area contributed by atoms with Gasteiger partial charge in [0.1, 0.15) is 14.5 Å². The standard InChI is InChI=1S/C21H23BClN3O2S/c22-17-9-15(23)7-13-1-2-14-8-16(29)10-25-21(14)20(19(13)17)12-3-5-26(6-4-12)18(27)11-28-24/h7-10,12,20,29H,1-6,11,24H2/t20-/m1/s1. The predicted octanol–water partition coefficient (Wildman–Crippen LogP) is 2.18. The van der Waals surface area contributed by atoms with E-state index < -0.39 is 0 Å². The lowest BCUT2D eigenvalue weighted by Gasteiger charge is -2.37. The van der Waals surface area contributed by atoms with Gasteiger partial charge in [-0.2, -0.15) is 0 Å². The number of nitrogens with two attached hydrogens (primary N) is 1. The number of fused-ring (bicyclic) bond motifs is 2. The molecule has 1 fully saturated rings. The summed E-state index contributed by atoms with van der Waals surface area (Å²) in [7, 11) is 6.49. The van der Waals surface area contributed by atoms with Gasteiger partial charge in [-0.3, -0.25) is 14.6 Å². The van der Waals surface area contributed by atoms with Gasteiger partial charge in [-0.25, -0.2) is 5.90 Å². The molecule has 8 heteroatoms. The van der Waals surface area contributed by atoms with Crippen molar-refractivity contribution in [3.8, 4) is 0 Å². The highest BCUT2D eigenvalue weighted by molar-refractivity contribution is 7.80. The molecule has 1 aromatic carbocycles. The van der Waals surface area contributed by atoms with Crippen LogP contribution in [0, 0.1) is 5.92 Å². The molecule has 1 aliphatic heterocycles. The smallest absolute Gasteiger partial charge is 0.250 e.